The van der Waals surface area contributed by atoms with E-state index >= 15 is 0 Å². The van der Waals surface area contributed by atoms with Crippen LogP contribution < -0.4 is 0 Å². The molecule has 96 valence electrons. The highest BCUT2D eigenvalue weighted by atomic mass is 35.6. The second-order valence-corrected chi connectivity index (χ2v) is 6.35. The van der Waals surface area contributed by atoms with Gasteiger partial charge in [0.15, 0.2) is 0 Å². The van der Waals surface area contributed by atoms with E-state index in [0.717, 1.165) is 0 Å². The molecule has 0 atom stereocenters. The third-order valence-electron chi connectivity index (χ3n) is 2.67. The number of nitrogens with one attached hydrogen (secondary N) is 1. The fourth-order valence-corrected chi connectivity index (χ4v) is 1.92. The van der Waals surface area contributed by atoms with Gasteiger partial charge in [-0.1, -0.05) is 54.1 Å². The van der Waals surface area contributed by atoms with Crippen molar-refractivity contribution in [2.75, 3.05) is 6.61 Å². The normalized spacial score (nSPS) is 17.1. The van der Waals surface area contributed by atoms with Crippen molar-refractivity contribution in [3.63, 3.8) is 0 Å². The SMILES string of the molecule is N=C(OCC=C=CC1CCCCC1)C(Cl)(Cl)Cl. The average molecular weight is 297 g/mol. The van der Waals surface area contributed by atoms with Gasteiger partial charge in [0, 0.05) is 0 Å². The minimum Gasteiger partial charge on any atom is -0.473 e. The lowest BCUT2D eigenvalue weighted by Gasteiger charge is -2.16. The van der Waals surface area contributed by atoms with Crippen LogP contribution in [0.5, 0.6) is 0 Å². The summed E-state index contributed by atoms with van der Waals surface area (Å²) in [7, 11) is 0. The van der Waals surface area contributed by atoms with Crippen molar-refractivity contribution in [1.82, 2.24) is 0 Å². The van der Waals surface area contributed by atoms with Crippen LogP contribution in [0.2, 0.25) is 0 Å². The fraction of sp³-hybridized carbons (Fsp3) is 0.667. The van der Waals surface area contributed by atoms with Gasteiger partial charge in [-0.05, 0) is 30.9 Å². The Bertz CT molecular complexity index is 310. The molecule has 0 radical (unpaired) electrons. The van der Waals surface area contributed by atoms with Crippen LogP contribution >= 0.6 is 34.8 Å². The van der Waals surface area contributed by atoms with Crippen molar-refractivity contribution in [1.29, 1.82) is 5.41 Å². The predicted molar refractivity (Wildman–Crippen MR) is 73.2 cm³/mol. The highest BCUT2D eigenvalue weighted by molar-refractivity contribution is 6.76. The summed E-state index contributed by atoms with van der Waals surface area (Å²) in [6.45, 7) is 0.204. The Kier molecular flexibility index (Phi) is 6.43. The number of halogens is 3. The quantitative estimate of drug-likeness (QED) is 0.350. The summed E-state index contributed by atoms with van der Waals surface area (Å²) in [4.78, 5) is 0. The van der Waals surface area contributed by atoms with Crippen molar-refractivity contribution in [2.24, 2.45) is 5.92 Å². The van der Waals surface area contributed by atoms with Crippen LogP contribution in [0.15, 0.2) is 17.9 Å². The monoisotopic (exact) mass is 295 g/mol. The van der Waals surface area contributed by atoms with E-state index in [1.165, 1.54) is 32.1 Å². The summed E-state index contributed by atoms with van der Waals surface area (Å²) in [5, 5.41) is 7.30. The molecule has 0 spiro atoms. The first-order valence-electron chi connectivity index (χ1n) is 5.70. The summed E-state index contributed by atoms with van der Waals surface area (Å²) in [6, 6.07) is 0. The molecule has 1 N–H and O–H groups in total. The molecule has 0 aromatic rings. The Morgan fingerprint density at radius 2 is 1.94 bits per heavy atom. The average Bonchev–Trinajstić information content (AvgIpc) is 2.28. The molecule has 1 fully saturated rings. The van der Waals surface area contributed by atoms with Crippen molar-refractivity contribution < 1.29 is 4.74 Å². The molecule has 1 aliphatic carbocycles. The van der Waals surface area contributed by atoms with Crippen molar-refractivity contribution >= 4 is 40.7 Å². The van der Waals surface area contributed by atoms with E-state index in [0.29, 0.717) is 5.92 Å². The van der Waals surface area contributed by atoms with Crippen LogP contribution in [-0.4, -0.2) is 16.3 Å². The summed E-state index contributed by atoms with van der Waals surface area (Å²) >= 11 is 16.4. The molecule has 0 aromatic heterocycles. The smallest absolute Gasteiger partial charge is 0.265 e. The van der Waals surface area contributed by atoms with Gasteiger partial charge in [-0.25, -0.2) is 0 Å². The zero-order valence-corrected chi connectivity index (χ0v) is 11.8. The summed E-state index contributed by atoms with van der Waals surface area (Å²) < 4.78 is 3.17. The van der Waals surface area contributed by atoms with Gasteiger partial charge < -0.3 is 4.74 Å². The van der Waals surface area contributed by atoms with Crippen LogP contribution in [0, 0.1) is 11.3 Å². The van der Waals surface area contributed by atoms with E-state index in [4.69, 9.17) is 44.9 Å². The minimum atomic E-state index is -1.78. The number of rotatable bonds is 3. The molecule has 2 nitrogen and oxygen atoms in total. The molecule has 1 saturated carbocycles. The largest absolute Gasteiger partial charge is 0.473 e. The highest BCUT2D eigenvalue weighted by Crippen LogP contribution is 2.27. The van der Waals surface area contributed by atoms with Gasteiger partial charge in [-0.3, -0.25) is 5.41 Å². The van der Waals surface area contributed by atoms with Gasteiger partial charge in [0.25, 0.3) is 3.79 Å². The molecule has 0 amide bonds. The van der Waals surface area contributed by atoms with Gasteiger partial charge in [0.05, 0.1) is 0 Å². The van der Waals surface area contributed by atoms with Crippen LogP contribution in [-0.2, 0) is 4.74 Å². The van der Waals surface area contributed by atoms with Gasteiger partial charge in [0.2, 0.25) is 5.90 Å². The van der Waals surface area contributed by atoms with Gasteiger partial charge >= 0.3 is 0 Å². The van der Waals surface area contributed by atoms with Gasteiger partial charge in [0.1, 0.15) is 6.61 Å². The Hall–Kier alpha value is -0.140. The first-order valence-corrected chi connectivity index (χ1v) is 6.83. The topological polar surface area (TPSA) is 33.1 Å². The first kappa shape index (κ1) is 14.9. The molecule has 1 aliphatic rings. The van der Waals surface area contributed by atoms with E-state index in [2.05, 4.69) is 11.8 Å². The van der Waals surface area contributed by atoms with E-state index in [-0.39, 0.29) is 12.5 Å². The summed E-state index contributed by atoms with van der Waals surface area (Å²) in [6.07, 6.45) is 10.2. The Balaban J connectivity index is 2.25. The summed E-state index contributed by atoms with van der Waals surface area (Å²) in [5.74, 6) is 0.269. The zero-order chi connectivity index (χ0) is 12.7. The van der Waals surface area contributed by atoms with Crippen LogP contribution in [0.3, 0.4) is 0 Å². The maximum atomic E-state index is 7.30. The standard InChI is InChI=1S/C12H16Cl3NO/c13-12(14,15)11(16)17-9-5-4-8-10-6-2-1-3-7-10/h5,8,10,16H,1-3,6-7,9H2. The van der Waals surface area contributed by atoms with Crippen LogP contribution in [0.1, 0.15) is 32.1 Å². The lowest BCUT2D eigenvalue weighted by molar-refractivity contribution is 0.340. The Morgan fingerprint density at radius 3 is 2.53 bits per heavy atom. The molecule has 0 saturated heterocycles. The summed E-state index contributed by atoms with van der Waals surface area (Å²) in [5.41, 5.74) is 3.06. The first-order chi connectivity index (χ1) is 8.00. The van der Waals surface area contributed by atoms with Gasteiger partial charge in [-0.2, -0.15) is 0 Å². The zero-order valence-electron chi connectivity index (χ0n) is 9.52. The molecule has 0 heterocycles. The van der Waals surface area contributed by atoms with E-state index in [9.17, 15) is 0 Å². The lowest BCUT2D eigenvalue weighted by Crippen LogP contribution is -2.21. The molecule has 5 heteroatoms. The third kappa shape index (κ3) is 6.38. The molecule has 0 aromatic carbocycles. The Morgan fingerprint density at radius 1 is 1.29 bits per heavy atom. The van der Waals surface area contributed by atoms with Crippen molar-refractivity contribution in [2.45, 2.75) is 35.9 Å². The molecule has 0 bridgehead atoms. The lowest BCUT2D eigenvalue weighted by atomic mass is 9.89. The highest BCUT2D eigenvalue weighted by Gasteiger charge is 2.28. The molecule has 0 unspecified atom stereocenters. The van der Waals surface area contributed by atoms with E-state index in [1.807, 2.05) is 0 Å². The van der Waals surface area contributed by atoms with E-state index in [1.54, 1.807) is 6.08 Å². The second-order valence-electron chi connectivity index (χ2n) is 4.07. The second kappa shape index (κ2) is 7.33. The van der Waals surface area contributed by atoms with Gasteiger partial charge in [-0.15, -0.1) is 5.73 Å². The predicted octanol–water partition coefficient (Wildman–Crippen LogP) is 4.64. The van der Waals surface area contributed by atoms with Crippen molar-refractivity contribution in [3.05, 3.63) is 17.9 Å². The third-order valence-corrected chi connectivity index (χ3v) is 3.18. The fourth-order valence-electron chi connectivity index (χ4n) is 1.76. The van der Waals surface area contributed by atoms with Crippen molar-refractivity contribution in [3.8, 4) is 0 Å². The van der Waals surface area contributed by atoms with E-state index < -0.39 is 3.79 Å². The number of alkyl halides is 3. The minimum absolute atomic E-state index is 0.204. The maximum Gasteiger partial charge on any atom is 0.265 e. The molecule has 17 heavy (non-hydrogen) atoms. The van der Waals surface area contributed by atoms with Crippen LogP contribution in [0.4, 0.5) is 0 Å². The Labute approximate surface area is 117 Å². The van der Waals surface area contributed by atoms with Crippen LogP contribution in [0.25, 0.3) is 0 Å². The number of ether oxygens (including phenoxy) is 1. The maximum absolute atomic E-state index is 7.30. The number of hydrogen-bond donors (Lipinski definition) is 1. The molecule has 1 rings (SSSR count). The number of hydrogen-bond acceptors (Lipinski definition) is 2. The molecular weight excluding hydrogens is 280 g/mol. The molecular formula is C12H16Cl3NO. The molecule has 0 aliphatic heterocycles.